The van der Waals surface area contributed by atoms with Gasteiger partial charge in [-0.1, -0.05) is 61.4 Å². The van der Waals surface area contributed by atoms with Crippen molar-refractivity contribution in [1.29, 1.82) is 0 Å². The summed E-state index contributed by atoms with van der Waals surface area (Å²) in [5.74, 6) is 0.892. The molecule has 8 nitrogen and oxygen atoms in total. The van der Waals surface area contributed by atoms with Gasteiger partial charge in [-0.15, -0.1) is 0 Å². The summed E-state index contributed by atoms with van der Waals surface area (Å²) in [5, 5.41) is 3.94. The van der Waals surface area contributed by atoms with Crippen LogP contribution in [0.15, 0.2) is 72.8 Å². The molecule has 0 aliphatic heterocycles. The van der Waals surface area contributed by atoms with Crippen molar-refractivity contribution in [2.45, 2.75) is 38.5 Å². The van der Waals surface area contributed by atoms with Gasteiger partial charge in [0.1, 0.15) is 0 Å². The van der Waals surface area contributed by atoms with Crippen LogP contribution in [0, 0.1) is 0 Å². The Bertz CT molecular complexity index is 1550. The van der Waals surface area contributed by atoms with Gasteiger partial charge < -0.3 is 28.6 Å². The summed E-state index contributed by atoms with van der Waals surface area (Å²) in [7, 11) is 6.76. The van der Waals surface area contributed by atoms with Crippen LogP contribution in [0.25, 0.3) is 27.6 Å². The molecule has 4 aromatic carbocycles. The van der Waals surface area contributed by atoms with Crippen LogP contribution in [0.1, 0.15) is 54.4 Å². The molecule has 0 saturated heterocycles. The molecule has 0 spiro atoms. The third-order valence-electron chi connectivity index (χ3n) is 7.92. The average Bonchev–Trinajstić information content (AvgIpc) is 3.08. The SMILES string of the molecule is COc1cc(/C=C/C(=O)OCCCCN(C)CCCCCCOC(=O)c2c3ccccc3cc3ccccc23)cc(OC)c1OC. The van der Waals surface area contributed by atoms with E-state index in [1.54, 1.807) is 39.5 Å². The van der Waals surface area contributed by atoms with Crippen molar-refractivity contribution in [3.63, 3.8) is 0 Å². The second-order valence-electron chi connectivity index (χ2n) is 11.2. The van der Waals surface area contributed by atoms with E-state index >= 15 is 0 Å². The van der Waals surface area contributed by atoms with E-state index in [0.717, 1.165) is 78.7 Å². The third-order valence-corrected chi connectivity index (χ3v) is 7.92. The fourth-order valence-electron chi connectivity index (χ4n) is 5.49. The molecule has 0 atom stereocenters. The van der Waals surface area contributed by atoms with Crippen LogP contribution in [0.2, 0.25) is 0 Å². The van der Waals surface area contributed by atoms with E-state index < -0.39 is 5.97 Å². The Hall–Kier alpha value is -4.56. The molecule has 0 bridgehead atoms. The van der Waals surface area contributed by atoms with E-state index in [0.29, 0.717) is 36.0 Å². The molecule has 244 valence electrons. The fourth-order valence-corrected chi connectivity index (χ4v) is 5.49. The van der Waals surface area contributed by atoms with Gasteiger partial charge in [0.05, 0.1) is 40.1 Å². The maximum absolute atomic E-state index is 13.1. The highest BCUT2D eigenvalue weighted by atomic mass is 16.5. The zero-order valence-electron chi connectivity index (χ0n) is 27.4. The van der Waals surface area contributed by atoms with Crippen LogP contribution in [-0.4, -0.2) is 71.5 Å². The van der Waals surface area contributed by atoms with E-state index in [4.69, 9.17) is 23.7 Å². The second-order valence-corrected chi connectivity index (χ2v) is 11.2. The lowest BCUT2D eigenvalue weighted by Crippen LogP contribution is -2.21. The summed E-state index contributed by atoms with van der Waals surface area (Å²) in [6, 6.07) is 21.6. The standard InChI is InChI=1S/C38H45NO7/c1-39(22-12-14-23-45-35(40)20-19-28-25-33(42-2)37(44-4)34(26-28)43-3)21-11-5-6-13-24-46-38(41)36-31-17-9-7-15-29(31)27-30-16-8-10-18-32(30)36/h7-10,15-20,25-27H,5-6,11-14,21-24H2,1-4H3/b20-19+. The van der Waals surface area contributed by atoms with Crippen molar-refractivity contribution in [3.8, 4) is 17.2 Å². The van der Waals surface area contributed by atoms with Crippen LogP contribution in [0.3, 0.4) is 0 Å². The van der Waals surface area contributed by atoms with Gasteiger partial charge in [-0.05, 0) is 97.2 Å². The number of hydrogen-bond acceptors (Lipinski definition) is 8. The molecule has 0 aliphatic rings. The van der Waals surface area contributed by atoms with Crippen LogP contribution >= 0.6 is 0 Å². The van der Waals surface area contributed by atoms with Crippen LogP contribution in [0.4, 0.5) is 0 Å². The maximum Gasteiger partial charge on any atom is 0.339 e. The topological polar surface area (TPSA) is 83.5 Å². The zero-order chi connectivity index (χ0) is 32.7. The number of ether oxygens (including phenoxy) is 5. The molecular weight excluding hydrogens is 582 g/mol. The van der Waals surface area contributed by atoms with Gasteiger partial charge in [0.15, 0.2) is 11.5 Å². The minimum absolute atomic E-state index is 0.256. The van der Waals surface area contributed by atoms with Gasteiger partial charge in [-0.2, -0.15) is 0 Å². The normalized spacial score (nSPS) is 11.3. The molecule has 4 aromatic rings. The smallest absolute Gasteiger partial charge is 0.339 e. The van der Waals surface area contributed by atoms with E-state index in [9.17, 15) is 9.59 Å². The molecule has 0 heterocycles. The van der Waals surface area contributed by atoms with E-state index in [1.807, 2.05) is 48.5 Å². The van der Waals surface area contributed by atoms with Crippen molar-refractivity contribution in [1.82, 2.24) is 4.90 Å². The average molecular weight is 628 g/mol. The molecule has 0 saturated carbocycles. The highest BCUT2D eigenvalue weighted by Crippen LogP contribution is 2.38. The maximum atomic E-state index is 13.1. The van der Waals surface area contributed by atoms with Crippen molar-refractivity contribution in [2.75, 3.05) is 54.7 Å². The second kappa shape index (κ2) is 17.8. The molecule has 0 fully saturated rings. The summed E-state index contributed by atoms with van der Waals surface area (Å²) >= 11 is 0. The Kier molecular flexibility index (Phi) is 13.3. The van der Waals surface area contributed by atoms with Crippen molar-refractivity contribution >= 4 is 39.6 Å². The van der Waals surface area contributed by atoms with Crippen molar-refractivity contribution < 1.29 is 33.3 Å². The molecule has 0 amide bonds. The fraction of sp³-hybridized carbons (Fsp3) is 0.368. The Balaban J connectivity index is 1.07. The van der Waals surface area contributed by atoms with Gasteiger partial charge in [0.25, 0.3) is 0 Å². The molecular formula is C38H45NO7. The first-order chi connectivity index (χ1) is 22.4. The zero-order valence-corrected chi connectivity index (χ0v) is 27.4. The number of esters is 2. The molecule has 0 N–H and O–H groups in total. The molecule has 0 aromatic heterocycles. The Morgan fingerprint density at radius 3 is 1.83 bits per heavy atom. The third kappa shape index (κ3) is 9.47. The van der Waals surface area contributed by atoms with Crippen LogP contribution in [0.5, 0.6) is 17.2 Å². The molecule has 0 aliphatic carbocycles. The molecule has 4 rings (SSSR count). The van der Waals surface area contributed by atoms with E-state index in [-0.39, 0.29) is 5.97 Å². The van der Waals surface area contributed by atoms with Crippen LogP contribution < -0.4 is 14.2 Å². The van der Waals surface area contributed by atoms with Gasteiger partial charge in [0, 0.05) is 6.08 Å². The summed E-state index contributed by atoms with van der Waals surface area (Å²) < 4.78 is 27.1. The highest BCUT2D eigenvalue weighted by molar-refractivity contribution is 6.16. The lowest BCUT2D eigenvalue weighted by molar-refractivity contribution is -0.137. The van der Waals surface area contributed by atoms with E-state index in [1.165, 1.54) is 6.08 Å². The Morgan fingerprint density at radius 2 is 1.22 bits per heavy atom. The lowest BCUT2D eigenvalue weighted by Gasteiger charge is -2.16. The summed E-state index contributed by atoms with van der Waals surface area (Å²) in [6.07, 6.45) is 8.82. The van der Waals surface area contributed by atoms with Gasteiger partial charge >= 0.3 is 11.9 Å². The number of methoxy groups -OCH3 is 3. The van der Waals surface area contributed by atoms with Gasteiger partial charge in [-0.25, -0.2) is 9.59 Å². The number of unbranched alkanes of at least 4 members (excludes halogenated alkanes) is 4. The summed E-state index contributed by atoms with van der Waals surface area (Å²) in [4.78, 5) is 27.6. The number of fused-ring (bicyclic) bond motifs is 2. The van der Waals surface area contributed by atoms with Crippen LogP contribution in [-0.2, 0) is 14.3 Å². The molecule has 0 unspecified atom stereocenters. The number of benzene rings is 4. The first kappa shape index (κ1) is 34.3. The minimum Gasteiger partial charge on any atom is -0.493 e. The van der Waals surface area contributed by atoms with Crippen molar-refractivity contribution in [2.24, 2.45) is 0 Å². The van der Waals surface area contributed by atoms with Gasteiger partial charge in [0.2, 0.25) is 5.75 Å². The number of nitrogens with zero attached hydrogens (tertiary/aromatic N) is 1. The number of carbonyl (C=O) groups excluding carboxylic acids is 2. The van der Waals surface area contributed by atoms with E-state index in [2.05, 4.69) is 18.0 Å². The Morgan fingerprint density at radius 1 is 0.674 bits per heavy atom. The molecule has 46 heavy (non-hydrogen) atoms. The molecule has 0 radical (unpaired) electrons. The quantitative estimate of drug-likeness (QED) is 0.0480. The molecule has 8 heteroatoms. The first-order valence-electron chi connectivity index (χ1n) is 15.9. The monoisotopic (exact) mass is 627 g/mol. The first-order valence-corrected chi connectivity index (χ1v) is 15.9. The van der Waals surface area contributed by atoms with Crippen molar-refractivity contribution in [3.05, 3.63) is 83.9 Å². The number of hydrogen-bond donors (Lipinski definition) is 0. The lowest BCUT2D eigenvalue weighted by atomic mass is 9.97. The number of rotatable bonds is 18. The predicted octanol–water partition coefficient (Wildman–Crippen LogP) is 7.70. The Labute approximate surface area is 271 Å². The largest absolute Gasteiger partial charge is 0.493 e. The minimum atomic E-state index is -0.391. The summed E-state index contributed by atoms with van der Waals surface area (Å²) in [6.45, 7) is 2.73. The number of carbonyl (C=O) groups is 2. The summed E-state index contributed by atoms with van der Waals surface area (Å²) in [5.41, 5.74) is 1.39. The predicted molar refractivity (Wildman–Crippen MR) is 183 cm³/mol. The van der Waals surface area contributed by atoms with Gasteiger partial charge in [-0.3, -0.25) is 0 Å². The highest BCUT2D eigenvalue weighted by Gasteiger charge is 2.16.